The molecule has 0 aliphatic heterocycles. The molecule has 0 spiro atoms. The number of nitrogens with two attached hydrogens (primary N) is 2. The number of carbonyl (C=O) groups is 4. The third-order valence-electron chi connectivity index (χ3n) is 0.167. The summed E-state index contributed by atoms with van der Waals surface area (Å²) < 4.78 is 0. The van der Waals surface area contributed by atoms with E-state index in [1.54, 1.807) is 0 Å². The van der Waals surface area contributed by atoms with Gasteiger partial charge in [-0.05, 0) is 0 Å². The van der Waals surface area contributed by atoms with Gasteiger partial charge in [0.25, 0.3) is 23.9 Å². The minimum Gasteiger partial charge on any atom is -0.481 e. The second-order valence-electron chi connectivity index (χ2n) is 2.65. The van der Waals surface area contributed by atoms with E-state index in [1.807, 2.05) is 0 Å². The van der Waals surface area contributed by atoms with E-state index in [1.165, 1.54) is 0 Å². The fraction of sp³-hybridized carbons (Fsp3) is 0.600. The fourth-order valence-corrected chi connectivity index (χ4v) is 0. The van der Waals surface area contributed by atoms with E-state index in [2.05, 4.69) is 0 Å². The summed E-state index contributed by atoms with van der Waals surface area (Å²) in [6, 6.07) is 0. The molecule has 0 aromatic heterocycles. The van der Waals surface area contributed by atoms with Gasteiger partial charge in [0.1, 0.15) is 0 Å². The summed E-state index contributed by atoms with van der Waals surface area (Å²) in [7, 11) is 0. The van der Waals surface area contributed by atoms with Crippen molar-refractivity contribution in [3.8, 4) is 0 Å². The first-order chi connectivity index (χ1) is 8.84. The van der Waals surface area contributed by atoms with Crippen molar-refractivity contribution in [3.63, 3.8) is 0 Å². The number of carboxylic acid groups (broad SMARTS) is 4. The monoisotopic (exact) mass is 348 g/mol. The topological polar surface area (TPSA) is 201 Å². The molecule has 122 valence electrons. The minimum atomic E-state index is -0.833. The zero-order valence-corrected chi connectivity index (χ0v) is 18.0. The van der Waals surface area contributed by atoms with Gasteiger partial charge in [-0.25, -0.2) is 0 Å². The zero-order chi connectivity index (χ0) is 17.7. The molecule has 0 heterocycles. The van der Waals surface area contributed by atoms with Gasteiger partial charge in [-0.3, -0.25) is 19.2 Å². The van der Waals surface area contributed by atoms with Crippen molar-refractivity contribution < 1.29 is 102 Å². The molecule has 0 saturated heterocycles. The van der Waals surface area contributed by atoms with Crippen molar-refractivity contribution in [2.75, 3.05) is 13.1 Å². The Morgan fingerprint density at radius 2 is 0.682 bits per heavy atom. The fourth-order valence-electron chi connectivity index (χ4n) is 0. The van der Waals surface area contributed by atoms with Gasteiger partial charge in [-0.15, -0.1) is 0 Å². The summed E-state index contributed by atoms with van der Waals surface area (Å²) in [4.78, 5) is 36.0. The van der Waals surface area contributed by atoms with Crippen molar-refractivity contribution in [1.29, 1.82) is 0 Å². The van der Waals surface area contributed by atoms with Crippen LogP contribution in [0.3, 0.4) is 0 Å². The van der Waals surface area contributed by atoms with Crippen molar-refractivity contribution in [1.82, 2.24) is 0 Å². The predicted molar refractivity (Wildman–Crippen MR) is 73.6 cm³/mol. The van der Waals surface area contributed by atoms with Gasteiger partial charge in [-0.1, -0.05) is 0 Å². The SMILES string of the molecule is CC(=O)O.CC(=O)O.CC(=O)O.CC(=O)O.NCCN.[H+].[H+].[Na+].[Na+]. The van der Waals surface area contributed by atoms with Crippen LogP contribution in [-0.4, -0.2) is 57.4 Å². The normalized spacial score (nSPS) is 5.91. The van der Waals surface area contributed by atoms with Gasteiger partial charge in [0.2, 0.25) is 0 Å². The van der Waals surface area contributed by atoms with Crippen molar-refractivity contribution in [3.05, 3.63) is 0 Å². The average Bonchev–Trinajstić information content (AvgIpc) is 2.13. The van der Waals surface area contributed by atoms with Gasteiger partial charge in [0.05, 0.1) is 0 Å². The molecule has 0 aromatic carbocycles. The van der Waals surface area contributed by atoms with Crippen LogP contribution in [0.15, 0.2) is 0 Å². The molecular weight excluding hydrogens is 322 g/mol. The second-order valence-corrected chi connectivity index (χ2v) is 2.65. The third kappa shape index (κ3) is 10900. The maximum Gasteiger partial charge on any atom is 1.00 e. The first kappa shape index (κ1) is 43.1. The summed E-state index contributed by atoms with van der Waals surface area (Å²) in [5.74, 6) is -3.33. The minimum absolute atomic E-state index is 0. The Morgan fingerprint density at radius 3 is 0.682 bits per heavy atom. The summed E-state index contributed by atoms with van der Waals surface area (Å²) in [5, 5.41) is 29.7. The van der Waals surface area contributed by atoms with E-state index < -0.39 is 23.9 Å². The Morgan fingerprint density at radius 1 is 0.636 bits per heavy atom. The van der Waals surface area contributed by atoms with Crippen LogP contribution in [0.1, 0.15) is 30.5 Å². The predicted octanol–water partition coefficient (Wildman–Crippen LogP) is -6.50. The van der Waals surface area contributed by atoms with Crippen LogP contribution in [0, 0.1) is 0 Å². The standard InChI is InChI=1S/C2H8N2.4C2H4O2.2Na/c3-1-2-4;4*1-2(3)4;;/h1-4H2;4*1H3,(H,3,4);;/q;;;;;2*+1/p+2. The van der Waals surface area contributed by atoms with Crippen LogP contribution in [0.2, 0.25) is 0 Å². The van der Waals surface area contributed by atoms with E-state index in [0.29, 0.717) is 13.1 Å². The molecule has 0 fully saturated rings. The smallest absolute Gasteiger partial charge is 0.481 e. The van der Waals surface area contributed by atoms with Crippen LogP contribution >= 0.6 is 0 Å². The quantitative estimate of drug-likeness (QED) is 0.247. The van der Waals surface area contributed by atoms with Crippen molar-refractivity contribution in [2.45, 2.75) is 27.7 Å². The average molecular weight is 348 g/mol. The van der Waals surface area contributed by atoms with Crippen molar-refractivity contribution in [2.24, 2.45) is 11.5 Å². The molecule has 0 unspecified atom stereocenters. The zero-order valence-electron chi connectivity index (χ0n) is 16.0. The summed E-state index contributed by atoms with van der Waals surface area (Å²) in [6.45, 7) is 5.53. The first-order valence-electron chi connectivity index (χ1n) is 5.03. The Bertz CT molecular complexity index is 209. The van der Waals surface area contributed by atoms with Gasteiger partial charge >= 0.3 is 62.0 Å². The molecular formula is C10H26N2Na2O8+4. The Labute approximate surface area is 176 Å². The molecule has 0 radical (unpaired) electrons. The molecule has 0 amide bonds. The van der Waals surface area contributed by atoms with E-state index in [9.17, 15) is 0 Å². The first-order valence-corrected chi connectivity index (χ1v) is 5.03. The number of aliphatic carboxylic acids is 4. The van der Waals surface area contributed by atoms with Gasteiger partial charge in [0.15, 0.2) is 0 Å². The van der Waals surface area contributed by atoms with Crippen LogP contribution in [0.25, 0.3) is 0 Å². The number of carboxylic acids is 4. The van der Waals surface area contributed by atoms with Crippen LogP contribution in [0.4, 0.5) is 0 Å². The van der Waals surface area contributed by atoms with E-state index in [0.717, 1.165) is 27.7 Å². The van der Waals surface area contributed by atoms with Gasteiger partial charge < -0.3 is 31.9 Å². The molecule has 0 bridgehead atoms. The molecule has 0 aliphatic rings. The largest absolute Gasteiger partial charge is 1.00 e. The molecule has 0 saturated carbocycles. The Balaban J connectivity index is -0.0000000161. The molecule has 8 N–H and O–H groups in total. The van der Waals surface area contributed by atoms with Crippen molar-refractivity contribution >= 4 is 23.9 Å². The molecule has 12 heteroatoms. The van der Waals surface area contributed by atoms with Crippen LogP contribution < -0.4 is 70.6 Å². The maximum absolute atomic E-state index is 9.00. The number of hydrogen-bond donors (Lipinski definition) is 6. The third-order valence-corrected chi connectivity index (χ3v) is 0.167. The number of rotatable bonds is 1. The maximum atomic E-state index is 9.00. The molecule has 22 heavy (non-hydrogen) atoms. The Kier molecular flexibility index (Phi) is 83.8. The molecule has 0 aliphatic carbocycles. The molecule has 0 atom stereocenters. The summed E-state index contributed by atoms with van der Waals surface area (Å²) in [5.41, 5.74) is 9.81. The van der Waals surface area contributed by atoms with Crippen LogP contribution in [-0.2, 0) is 19.2 Å². The van der Waals surface area contributed by atoms with Gasteiger partial charge in [0, 0.05) is 40.8 Å². The Hall–Kier alpha value is -0.200. The molecule has 10 nitrogen and oxygen atoms in total. The molecule has 0 rings (SSSR count). The van der Waals surface area contributed by atoms with Gasteiger partial charge in [-0.2, -0.15) is 0 Å². The second kappa shape index (κ2) is 42.8. The van der Waals surface area contributed by atoms with Crippen LogP contribution in [0.5, 0.6) is 0 Å². The molecule has 0 aromatic rings. The summed E-state index contributed by atoms with van der Waals surface area (Å²) >= 11 is 0. The van der Waals surface area contributed by atoms with E-state index in [-0.39, 0.29) is 62.0 Å². The van der Waals surface area contributed by atoms with E-state index in [4.69, 9.17) is 51.1 Å². The number of hydrogen-bond acceptors (Lipinski definition) is 6. The van der Waals surface area contributed by atoms with E-state index >= 15 is 0 Å². The summed E-state index contributed by atoms with van der Waals surface area (Å²) in [6.07, 6.45) is 0.